The van der Waals surface area contributed by atoms with E-state index in [-0.39, 0.29) is 19.2 Å². The molecule has 0 fully saturated rings. The molecule has 0 amide bonds. The van der Waals surface area contributed by atoms with Gasteiger partial charge in [0.25, 0.3) is 0 Å². The second-order valence-electron chi connectivity index (χ2n) is 8.33. The van der Waals surface area contributed by atoms with Crippen LogP contribution in [-0.2, 0) is 9.59 Å². The lowest BCUT2D eigenvalue weighted by Gasteiger charge is -2.24. The van der Waals surface area contributed by atoms with Crippen molar-refractivity contribution in [3.05, 3.63) is 24.3 Å². The summed E-state index contributed by atoms with van der Waals surface area (Å²) in [7, 11) is 0. The number of hydrogen-bond donors (Lipinski definition) is 17. The quantitative estimate of drug-likeness (QED) is 0.0518. The first-order valence-corrected chi connectivity index (χ1v) is 12.4. The summed E-state index contributed by atoms with van der Waals surface area (Å²) in [6.07, 6.45) is -12.8. The minimum Gasteiger partial charge on any atom is -0.394 e. The van der Waals surface area contributed by atoms with E-state index >= 15 is 0 Å². The molecule has 0 rings (SSSR count). The number of carbonyl (C=O) groups excluding carboxylic acids is 2. The first-order chi connectivity index (χ1) is 20.0. The summed E-state index contributed by atoms with van der Waals surface area (Å²) < 4.78 is 0. The fraction of sp³-hybridized carbons (Fsp3) is 0.750. The fourth-order valence-corrected chi connectivity index (χ4v) is 2.16. The summed E-state index contributed by atoms with van der Waals surface area (Å²) in [5, 5.41) is 147. The lowest BCUT2D eigenvalue weighted by atomic mass is 10.0. The van der Waals surface area contributed by atoms with Crippen molar-refractivity contribution in [2.24, 2.45) is 0 Å². The summed E-state index contributed by atoms with van der Waals surface area (Å²) in [6.45, 7) is -0.910. The van der Waals surface area contributed by atoms with Crippen molar-refractivity contribution in [3.8, 4) is 0 Å². The topological polar surface area (TPSA) is 378 Å². The van der Waals surface area contributed by atoms with E-state index in [1.807, 2.05) is 19.1 Å². The van der Waals surface area contributed by atoms with Gasteiger partial charge >= 0.3 is 0 Å². The molecule has 0 spiro atoms. The molecule has 0 aliphatic heterocycles. The lowest BCUT2D eigenvalue weighted by molar-refractivity contribution is -0.136. The zero-order valence-corrected chi connectivity index (χ0v) is 23.3. The monoisotopic (exact) mass is 640 g/mol. The SMILES string of the molecule is C/C=C/C=C/CO.O=CC(O)C(O)C(O)C(O)CO.O=CC(O)C(O)C(O)C(O)CO.OCC(O)C(O)C(O)C(O)CO. The Morgan fingerprint density at radius 3 is 0.884 bits per heavy atom. The van der Waals surface area contributed by atoms with E-state index in [0.29, 0.717) is 0 Å². The number of hydrogen-bond acceptors (Lipinski definition) is 19. The highest BCUT2D eigenvalue weighted by atomic mass is 16.4. The summed E-state index contributed by atoms with van der Waals surface area (Å²) in [5.74, 6) is 0. The molecule has 12 atom stereocenters. The Morgan fingerprint density at radius 1 is 0.442 bits per heavy atom. The predicted octanol–water partition coefficient (Wildman–Crippen LogP) is -9.23. The number of allylic oxidation sites excluding steroid dienone is 3. The molecule has 0 saturated carbocycles. The van der Waals surface area contributed by atoms with Crippen molar-refractivity contribution < 1.29 is 96.4 Å². The van der Waals surface area contributed by atoms with Gasteiger partial charge in [0.15, 0.2) is 12.6 Å². The van der Waals surface area contributed by atoms with Crippen molar-refractivity contribution >= 4 is 12.6 Å². The van der Waals surface area contributed by atoms with Gasteiger partial charge in [0.1, 0.15) is 73.2 Å². The van der Waals surface area contributed by atoms with Crippen LogP contribution in [0.25, 0.3) is 0 Å². The summed E-state index contributed by atoms with van der Waals surface area (Å²) in [6, 6.07) is 0. The molecular weight excluding hydrogens is 592 g/mol. The Hall–Kier alpha value is -1.86. The second-order valence-corrected chi connectivity index (χ2v) is 8.33. The molecule has 17 N–H and O–H groups in total. The molecule has 19 heteroatoms. The Kier molecular flexibility index (Phi) is 33.7. The zero-order chi connectivity index (χ0) is 34.7. The van der Waals surface area contributed by atoms with Gasteiger partial charge in [-0.3, -0.25) is 0 Å². The molecule has 258 valence electrons. The van der Waals surface area contributed by atoms with Crippen molar-refractivity contribution in [1.82, 2.24) is 0 Å². The zero-order valence-electron chi connectivity index (χ0n) is 23.3. The molecule has 19 nitrogen and oxygen atoms in total. The van der Waals surface area contributed by atoms with E-state index in [1.54, 1.807) is 12.2 Å². The van der Waals surface area contributed by atoms with Gasteiger partial charge in [0, 0.05) is 0 Å². The number of carbonyl (C=O) groups is 2. The van der Waals surface area contributed by atoms with E-state index < -0.39 is 99.7 Å². The van der Waals surface area contributed by atoms with E-state index in [0.717, 1.165) is 0 Å². The van der Waals surface area contributed by atoms with Crippen molar-refractivity contribution in [2.45, 2.75) is 80.2 Å². The van der Waals surface area contributed by atoms with Crippen LogP contribution in [0.15, 0.2) is 24.3 Å². The molecule has 0 aliphatic rings. The van der Waals surface area contributed by atoms with Gasteiger partial charge in [-0.15, -0.1) is 0 Å². The average molecular weight is 641 g/mol. The van der Waals surface area contributed by atoms with Gasteiger partial charge in [0.2, 0.25) is 0 Å². The van der Waals surface area contributed by atoms with E-state index in [9.17, 15) is 9.59 Å². The molecule has 0 saturated heterocycles. The Balaban J connectivity index is -0.000000240. The minimum absolute atomic E-state index is 0.0258. The third-order valence-electron chi connectivity index (χ3n) is 4.90. The summed E-state index contributed by atoms with van der Waals surface area (Å²) >= 11 is 0. The molecule has 0 radical (unpaired) electrons. The number of aliphatic hydroxyl groups excluding tert-OH is 17. The largest absolute Gasteiger partial charge is 0.394 e. The molecular formula is C24H48O19. The number of rotatable bonds is 17. The van der Waals surface area contributed by atoms with Crippen LogP contribution < -0.4 is 0 Å². The number of aldehydes is 2. The Labute approximate surface area is 247 Å². The molecule has 0 bridgehead atoms. The summed E-state index contributed by atoms with van der Waals surface area (Å²) in [4.78, 5) is 19.8. The maximum absolute atomic E-state index is 9.90. The third kappa shape index (κ3) is 23.2. The number of aliphatic hydroxyl groups is 17. The molecule has 12 unspecified atom stereocenters. The van der Waals surface area contributed by atoms with Gasteiger partial charge in [-0.05, 0) is 6.92 Å². The van der Waals surface area contributed by atoms with Crippen LogP contribution in [0.3, 0.4) is 0 Å². The highest BCUT2D eigenvalue weighted by Crippen LogP contribution is 2.05. The molecule has 0 heterocycles. The van der Waals surface area contributed by atoms with Crippen molar-refractivity contribution in [2.75, 3.05) is 33.0 Å². The summed E-state index contributed by atoms with van der Waals surface area (Å²) in [5.41, 5.74) is 0. The first-order valence-electron chi connectivity index (χ1n) is 12.4. The average Bonchev–Trinajstić information content (AvgIpc) is 3.04. The molecule has 43 heavy (non-hydrogen) atoms. The van der Waals surface area contributed by atoms with Crippen molar-refractivity contribution in [3.63, 3.8) is 0 Å². The van der Waals surface area contributed by atoms with Crippen LogP contribution in [0.1, 0.15) is 6.92 Å². The Morgan fingerprint density at radius 2 is 0.698 bits per heavy atom. The van der Waals surface area contributed by atoms with Crippen LogP contribution in [-0.4, -0.2) is 206 Å². The van der Waals surface area contributed by atoms with E-state index in [4.69, 9.17) is 86.8 Å². The standard InChI is InChI=1S/C6H14O6.2C6H12O6.C6H10O/c3*7-1-3(9)5(11)6(12)4(10)2-8;1-2-3-4-5-6-7/h3-12H,1-2H2;2*1,3-6,8-12H,2H2;2-5,7H,6H2,1H3/b;;;3-2+,5-4+. The highest BCUT2D eigenvalue weighted by molar-refractivity contribution is 5.57. The minimum atomic E-state index is -1.79. The molecule has 0 aromatic carbocycles. The van der Waals surface area contributed by atoms with Crippen LogP contribution >= 0.6 is 0 Å². The van der Waals surface area contributed by atoms with Gasteiger partial charge in [0.05, 0.1) is 33.0 Å². The van der Waals surface area contributed by atoms with Gasteiger partial charge in [-0.2, -0.15) is 0 Å². The van der Waals surface area contributed by atoms with Crippen LogP contribution in [0.2, 0.25) is 0 Å². The molecule has 0 aromatic heterocycles. The maximum Gasteiger partial charge on any atom is 0.151 e. The Bertz CT molecular complexity index is 650. The highest BCUT2D eigenvalue weighted by Gasteiger charge is 2.31. The van der Waals surface area contributed by atoms with Crippen LogP contribution in [0.4, 0.5) is 0 Å². The van der Waals surface area contributed by atoms with E-state index in [2.05, 4.69) is 0 Å². The van der Waals surface area contributed by atoms with Crippen molar-refractivity contribution in [1.29, 1.82) is 0 Å². The van der Waals surface area contributed by atoms with Gasteiger partial charge < -0.3 is 96.4 Å². The fourth-order valence-electron chi connectivity index (χ4n) is 2.16. The predicted molar refractivity (Wildman–Crippen MR) is 144 cm³/mol. The normalized spacial score (nSPS) is 19.7. The van der Waals surface area contributed by atoms with Crippen LogP contribution in [0, 0.1) is 0 Å². The lowest BCUT2D eigenvalue weighted by Crippen LogP contribution is -2.46. The van der Waals surface area contributed by atoms with Gasteiger partial charge in [-0.25, -0.2) is 0 Å². The smallest absolute Gasteiger partial charge is 0.151 e. The first kappa shape index (κ1) is 48.1. The maximum atomic E-state index is 9.90. The second kappa shape index (κ2) is 30.2. The van der Waals surface area contributed by atoms with Crippen LogP contribution in [0.5, 0.6) is 0 Å². The molecule has 0 aliphatic carbocycles. The van der Waals surface area contributed by atoms with E-state index in [1.165, 1.54) is 0 Å². The molecule has 0 aromatic rings. The third-order valence-corrected chi connectivity index (χ3v) is 4.90. The van der Waals surface area contributed by atoms with Gasteiger partial charge in [-0.1, -0.05) is 24.3 Å².